The average Bonchev–Trinajstić information content (AvgIpc) is 2.43. The maximum Gasteiger partial charge on any atom is 0.270 e. The van der Waals surface area contributed by atoms with Crippen molar-refractivity contribution < 1.29 is 9.66 Å². The van der Waals surface area contributed by atoms with Crippen LogP contribution in [0, 0.1) is 16.0 Å². The van der Waals surface area contributed by atoms with Crippen LogP contribution in [-0.4, -0.2) is 18.1 Å². The van der Waals surface area contributed by atoms with Crippen molar-refractivity contribution in [1.82, 2.24) is 5.32 Å². The lowest BCUT2D eigenvalue weighted by molar-refractivity contribution is -0.384. The second-order valence-electron chi connectivity index (χ2n) is 5.58. The van der Waals surface area contributed by atoms with Gasteiger partial charge in [0.05, 0.1) is 11.0 Å². The summed E-state index contributed by atoms with van der Waals surface area (Å²) in [5.41, 5.74) is 0.959. The number of rotatable bonds is 5. The molecule has 0 bridgehead atoms. The van der Waals surface area contributed by atoms with Gasteiger partial charge in [0.25, 0.3) is 5.69 Å². The van der Waals surface area contributed by atoms with Crippen molar-refractivity contribution >= 4 is 5.69 Å². The average molecular weight is 278 g/mol. The largest absolute Gasteiger partial charge is 0.490 e. The Bertz CT molecular complexity index is 468. The van der Waals surface area contributed by atoms with Crippen molar-refractivity contribution in [2.45, 2.75) is 45.3 Å². The smallest absolute Gasteiger partial charge is 0.270 e. The molecule has 110 valence electrons. The first-order valence-corrected chi connectivity index (χ1v) is 7.18. The third kappa shape index (κ3) is 3.70. The van der Waals surface area contributed by atoms with E-state index in [0.717, 1.165) is 30.1 Å². The van der Waals surface area contributed by atoms with E-state index in [9.17, 15) is 10.1 Å². The summed E-state index contributed by atoms with van der Waals surface area (Å²) >= 11 is 0. The van der Waals surface area contributed by atoms with Crippen LogP contribution in [0.15, 0.2) is 18.2 Å². The molecule has 0 heterocycles. The van der Waals surface area contributed by atoms with Crippen LogP contribution in [0.25, 0.3) is 0 Å². The van der Waals surface area contributed by atoms with Crippen molar-refractivity contribution in [2.24, 2.45) is 5.92 Å². The van der Waals surface area contributed by atoms with Crippen LogP contribution in [0.2, 0.25) is 0 Å². The van der Waals surface area contributed by atoms with Gasteiger partial charge in [0, 0.05) is 24.2 Å². The highest BCUT2D eigenvalue weighted by molar-refractivity contribution is 5.43. The van der Waals surface area contributed by atoms with Gasteiger partial charge >= 0.3 is 0 Å². The first-order valence-electron chi connectivity index (χ1n) is 7.18. The second-order valence-corrected chi connectivity index (χ2v) is 5.58. The first-order chi connectivity index (χ1) is 9.60. The van der Waals surface area contributed by atoms with E-state index in [0.29, 0.717) is 6.54 Å². The van der Waals surface area contributed by atoms with E-state index < -0.39 is 0 Å². The number of benzene rings is 1. The van der Waals surface area contributed by atoms with Crippen LogP contribution in [0.3, 0.4) is 0 Å². The number of nitrogens with one attached hydrogen (secondary N) is 1. The van der Waals surface area contributed by atoms with Gasteiger partial charge in [-0.1, -0.05) is 6.92 Å². The maximum absolute atomic E-state index is 10.8. The lowest BCUT2D eigenvalue weighted by atomic mass is 9.89. The van der Waals surface area contributed by atoms with Crippen molar-refractivity contribution in [3.05, 3.63) is 33.9 Å². The maximum atomic E-state index is 10.8. The zero-order chi connectivity index (χ0) is 14.5. The molecule has 1 N–H and O–H groups in total. The lowest BCUT2D eigenvalue weighted by Crippen LogP contribution is -2.23. The lowest BCUT2D eigenvalue weighted by Gasteiger charge is -2.27. The molecule has 0 atom stereocenters. The topological polar surface area (TPSA) is 64.4 Å². The van der Waals surface area contributed by atoms with E-state index in [2.05, 4.69) is 12.2 Å². The van der Waals surface area contributed by atoms with Crippen molar-refractivity contribution in [2.75, 3.05) is 7.05 Å². The Morgan fingerprint density at radius 2 is 2.05 bits per heavy atom. The second kappa shape index (κ2) is 6.70. The molecule has 0 unspecified atom stereocenters. The van der Waals surface area contributed by atoms with E-state index >= 15 is 0 Å². The molecule has 2 rings (SSSR count). The molecular weight excluding hydrogens is 256 g/mol. The number of nitrogens with zero attached hydrogens (tertiary/aromatic N) is 1. The highest BCUT2D eigenvalue weighted by Gasteiger charge is 2.21. The Labute approximate surface area is 119 Å². The fraction of sp³-hybridized carbons (Fsp3) is 0.600. The molecule has 0 radical (unpaired) electrons. The van der Waals surface area contributed by atoms with Gasteiger partial charge in [0.2, 0.25) is 0 Å². The number of non-ortho nitro benzene ring substituents is 1. The number of hydrogen-bond acceptors (Lipinski definition) is 4. The number of hydrogen-bond donors (Lipinski definition) is 1. The summed E-state index contributed by atoms with van der Waals surface area (Å²) in [5.74, 6) is 1.55. The highest BCUT2D eigenvalue weighted by atomic mass is 16.6. The van der Waals surface area contributed by atoms with Gasteiger partial charge in [-0.2, -0.15) is 0 Å². The minimum Gasteiger partial charge on any atom is -0.490 e. The third-order valence-corrected chi connectivity index (χ3v) is 3.88. The highest BCUT2D eigenvalue weighted by Crippen LogP contribution is 2.30. The molecule has 0 aliphatic heterocycles. The summed E-state index contributed by atoms with van der Waals surface area (Å²) < 4.78 is 6.06. The summed E-state index contributed by atoms with van der Waals surface area (Å²) in [5, 5.41) is 13.9. The summed E-state index contributed by atoms with van der Waals surface area (Å²) in [6.07, 6.45) is 4.76. The third-order valence-electron chi connectivity index (χ3n) is 3.88. The first kappa shape index (κ1) is 14.8. The van der Waals surface area contributed by atoms with E-state index in [4.69, 9.17) is 4.74 Å². The molecule has 20 heavy (non-hydrogen) atoms. The van der Waals surface area contributed by atoms with Gasteiger partial charge in [-0.15, -0.1) is 0 Å². The number of ether oxygens (including phenoxy) is 1. The predicted octanol–water partition coefficient (Wildman–Crippen LogP) is 3.27. The zero-order valence-electron chi connectivity index (χ0n) is 12.1. The molecule has 1 saturated carbocycles. The Balaban J connectivity index is 2.11. The van der Waals surface area contributed by atoms with Crippen molar-refractivity contribution in [3.63, 3.8) is 0 Å². The van der Waals surface area contributed by atoms with E-state index in [1.807, 2.05) is 7.05 Å². The van der Waals surface area contributed by atoms with Crippen LogP contribution >= 0.6 is 0 Å². The molecule has 0 aromatic heterocycles. The molecule has 1 aromatic rings. The van der Waals surface area contributed by atoms with E-state index in [-0.39, 0.29) is 16.7 Å². The van der Waals surface area contributed by atoms with Crippen LogP contribution < -0.4 is 10.1 Å². The summed E-state index contributed by atoms with van der Waals surface area (Å²) in [7, 11) is 1.82. The van der Waals surface area contributed by atoms with Crippen LogP contribution in [-0.2, 0) is 6.54 Å². The summed E-state index contributed by atoms with van der Waals surface area (Å²) in [6.45, 7) is 2.84. The SMILES string of the molecule is CNCc1cc([N+](=O)[O-])ccc1OC1CCC(C)CC1. The molecule has 1 aromatic carbocycles. The Hall–Kier alpha value is -1.62. The number of nitro groups is 1. The van der Waals surface area contributed by atoms with Gasteiger partial charge in [-0.05, 0) is 44.7 Å². The molecule has 0 amide bonds. The normalized spacial score (nSPS) is 22.5. The summed E-state index contributed by atoms with van der Waals surface area (Å²) in [6, 6.07) is 4.83. The van der Waals surface area contributed by atoms with Crippen molar-refractivity contribution in [1.29, 1.82) is 0 Å². The molecule has 5 nitrogen and oxygen atoms in total. The van der Waals surface area contributed by atoms with E-state index in [1.165, 1.54) is 18.9 Å². The fourth-order valence-corrected chi connectivity index (χ4v) is 2.65. The van der Waals surface area contributed by atoms with Gasteiger partial charge < -0.3 is 10.1 Å². The molecule has 1 aliphatic rings. The quantitative estimate of drug-likeness (QED) is 0.663. The van der Waals surface area contributed by atoms with Crippen LogP contribution in [0.1, 0.15) is 38.2 Å². The van der Waals surface area contributed by atoms with Crippen molar-refractivity contribution in [3.8, 4) is 5.75 Å². The number of nitro benzene ring substituents is 1. The standard InChI is InChI=1S/C15H22N2O3/c1-11-3-6-14(7-4-11)20-15-8-5-13(17(18)19)9-12(15)10-16-2/h5,8-9,11,14,16H,3-4,6-7,10H2,1-2H3. The van der Waals surface area contributed by atoms with Crippen LogP contribution in [0.5, 0.6) is 5.75 Å². The van der Waals surface area contributed by atoms with Gasteiger partial charge in [0.1, 0.15) is 5.75 Å². The van der Waals surface area contributed by atoms with Gasteiger partial charge in [-0.3, -0.25) is 10.1 Å². The minimum absolute atomic E-state index is 0.111. The fourth-order valence-electron chi connectivity index (χ4n) is 2.65. The molecule has 0 saturated heterocycles. The summed E-state index contributed by atoms with van der Waals surface area (Å²) in [4.78, 5) is 10.5. The molecule has 1 aliphatic carbocycles. The zero-order valence-corrected chi connectivity index (χ0v) is 12.1. The predicted molar refractivity (Wildman–Crippen MR) is 77.9 cm³/mol. The Kier molecular flexibility index (Phi) is 4.95. The van der Waals surface area contributed by atoms with E-state index in [1.54, 1.807) is 12.1 Å². The molecule has 5 heteroatoms. The molecule has 0 spiro atoms. The molecule has 1 fully saturated rings. The van der Waals surface area contributed by atoms with Crippen LogP contribution in [0.4, 0.5) is 5.69 Å². The monoisotopic (exact) mass is 278 g/mol. The van der Waals surface area contributed by atoms with Gasteiger partial charge in [-0.25, -0.2) is 0 Å². The minimum atomic E-state index is -0.370. The Morgan fingerprint density at radius 3 is 2.65 bits per heavy atom. The van der Waals surface area contributed by atoms with Gasteiger partial charge in [0.15, 0.2) is 0 Å². The Morgan fingerprint density at radius 1 is 1.35 bits per heavy atom. The molecular formula is C15H22N2O3.